The first-order valence-electron chi connectivity index (χ1n) is 11.2. The quantitative estimate of drug-likeness (QED) is 0.261. The molecule has 2 rings (SSSR count). The Labute approximate surface area is 178 Å². The number of unbranched alkanes of at least 4 members (excludes halogenated alkanes) is 1. The highest BCUT2D eigenvalue weighted by Crippen LogP contribution is 2.39. The minimum Gasteiger partial charge on any atom is -0.509 e. The SMILES string of the molecule is C1CCC1.C=C(O)/C=C/C(CCCCOCC1CC(C)(C)N(O)C(C)(C)C1)OC. The van der Waals surface area contributed by atoms with Gasteiger partial charge in [0.25, 0.3) is 0 Å². The van der Waals surface area contributed by atoms with Crippen LogP contribution in [-0.2, 0) is 9.47 Å². The molecule has 0 aromatic carbocycles. The molecule has 1 saturated heterocycles. The number of nitrogens with zero attached hydrogens (tertiary/aromatic N) is 1. The smallest absolute Gasteiger partial charge is 0.108 e. The van der Waals surface area contributed by atoms with Crippen molar-refractivity contribution in [3.63, 3.8) is 0 Å². The normalized spacial score (nSPS) is 22.6. The third-order valence-corrected chi connectivity index (χ3v) is 5.91. The van der Waals surface area contributed by atoms with E-state index in [-0.39, 0.29) is 22.9 Å². The summed E-state index contributed by atoms with van der Waals surface area (Å²) in [5.74, 6) is 0.517. The Morgan fingerprint density at radius 3 is 2.10 bits per heavy atom. The van der Waals surface area contributed by atoms with E-state index >= 15 is 0 Å². The molecule has 0 bridgehead atoms. The van der Waals surface area contributed by atoms with Crippen molar-refractivity contribution in [2.75, 3.05) is 20.3 Å². The topological polar surface area (TPSA) is 62.2 Å². The zero-order valence-corrected chi connectivity index (χ0v) is 19.5. The van der Waals surface area contributed by atoms with E-state index in [2.05, 4.69) is 34.3 Å². The molecule has 0 radical (unpaired) electrons. The Kier molecular flexibility index (Phi) is 11.5. The van der Waals surface area contributed by atoms with Crippen LogP contribution in [0.4, 0.5) is 0 Å². The van der Waals surface area contributed by atoms with Gasteiger partial charge in [-0.15, -0.1) is 0 Å². The lowest BCUT2D eigenvalue weighted by Gasteiger charge is -2.51. The molecule has 5 heteroatoms. The first kappa shape index (κ1) is 26.2. The highest BCUT2D eigenvalue weighted by molar-refractivity contribution is 5.07. The summed E-state index contributed by atoms with van der Waals surface area (Å²) in [5, 5.41) is 20.9. The number of piperidine rings is 1. The number of hydrogen-bond donors (Lipinski definition) is 2. The molecule has 29 heavy (non-hydrogen) atoms. The van der Waals surface area contributed by atoms with Gasteiger partial charge in [0.2, 0.25) is 0 Å². The van der Waals surface area contributed by atoms with Gasteiger partial charge < -0.3 is 19.8 Å². The summed E-state index contributed by atoms with van der Waals surface area (Å²) in [5.41, 5.74) is -0.435. The lowest BCUT2D eigenvalue weighted by Crippen LogP contribution is -2.59. The van der Waals surface area contributed by atoms with Crippen LogP contribution < -0.4 is 0 Å². The van der Waals surface area contributed by atoms with Crippen molar-refractivity contribution >= 4 is 0 Å². The molecule has 5 nitrogen and oxygen atoms in total. The van der Waals surface area contributed by atoms with Crippen molar-refractivity contribution in [1.29, 1.82) is 0 Å². The minimum atomic E-state index is -0.218. The molecule has 0 spiro atoms. The van der Waals surface area contributed by atoms with Crippen molar-refractivity contribution in [3.05, 3.63) is 24.5 Å². The summed E-state index contributed by atoms with van der Waals surface area (Å²) in [6.07, 6.45) is 14.2. The van der Waals surface area contributed by atoms with Crippen molar-refractivity contribution in [2.24, 2.45) is 5.92 Å². The van der Waals surface area contributed by atoms with Gasteiger partial charge in [0.1, 0.15) is 5.76 Å². The van der Waals surface area contributed by atoms with Crippen LogP contribution in [-0.4, -0.2) is 52.9 Å². The average molecular weight is 412 g/mol. The van der Waals surface area contributed by atoms with Gasteiger partial charge in [0, 0.05) is 31.4 Å². The summed E-state index contributed by atoms with van der Waals surface area (Å²) in [6, 6.07) is 0. The molecule has 1 aliphatic heterocycles. The maximum absolute atomic E-state index is 10.3. The second-order valence-electron chi connectivity index (χ2n) is 9.82. The van der Waals surface area contributed by atoms with Crippen LogP contribution in [0, 0.1) is 5.92 Å². The summed E-state index contributed by atoms with van der Waals surface area (Å²) in [4.78, 5) is 0. The fourth-order valence-electron chi connectivity index (χ4n) is 4.16. The number of hydroxylamine groups is 2. The fraction of sp³-hybridized carbons (Fsp3) is 0.833. The molecule has 2 fully saturated rings. The molecular weight excluding hydrogens is 366 g/mol. The van der Waals surface area contributed by atoms with E-state index in [4.69, 9.17) is 14.6 Å². The average Bonchev–Trinajstić information content (AvgIpc) is 2.56. The van der Waals surface area contributed by atoms with Crippen LogP contribution in [0.5, 0.6) is 0 Å². The number of hydrogen-bond acceptors (Lipinski definition) is 5. The third-order valence-electron chi connectivity index (χ3n) is 5.91. The molecule has 1 saturated carbocycles. The van der Waals surface area contributed by atoms with Crippen molar-refractivity contribution in [3.8, 4) is 0 Å². The molecule has 0 aromatic heterocycles. The summed E-state index contributed by atoms with van der Waals surface area (Å²) in [6.45, 7) is 13.3. The van der Waals surface area contributed by atoms with E-state index in [1.807, 2.05) is 6.08 Å². The summed E-state index contributed by atoms with van der Waals surface area (Å²) < 4.78 is 11.2. The summed E-state index contributed by atoms with van der Waals surface area (Å²) >= 11 is 0. The lowest BCUT2D eigenvalue weighted by molar-refractivity contribution is -0.253. The lowest BCUT2D eigenvalue weighted by atomic mass is 9.75. The van der Waals surface area contributed by atoms with Gasteiger partial charge in [-0.3, -0.25) is 0 Å². The zero-order chi connectivity index (χ0) is 21.9. The van der Waals surface area contributed by atoms with Crippen LogP contribution in [0.3, 0.4) is 0 Å². The Morgan fingerprint density at radius 1 is 1.10 bits per heavy atom. The van der Waals surface area contributed by atoms with Crippen LogP contribution in [0.2, 0.25) is 0 Å². The van der Waals surface area contributed by atoms with E-state index in [0.29, 0.717) is 5.92 Å². The second-order valence-corrected chi connectivity index (χ2v) is 9.82. The molecule has 0 aromatic rings. The largest absolute Gasteiger partial charge is 0.509 e. The van der Waals surface area contributed by atoms with E-state index in [1.165, 1.54) is 30.7 Å². The number of aliphatic hydroxyl groups excluding tert-OH is 1. The van der Waals surface area contributed by atoms with Crippen molar-refractivity contribution < 1.29 is 19.8 Å². The van der Waals surface area contributed by atoms with Crippen molar-refractivity contribution in [2.45, 2.75) is 103 Å². The monoisotopic (exact) mass is 411 g/mol. The molecule has 170 valence electrons. The van der Waals surface area contributed by atoms with Gasteiger partial charge in [0.05, 0.1) is 6.10 Å². The van der Waals surface area contributed by atoms with Gasteiger partial charge >= 0.3 is 0 Å². The molecule has 1 heterocycles. The fourth-order valence-corrected chi connectivity index (χ4v) is 4.16. The van der Waals surface area contributed by atoms with Gasteiger partial charge in [-0.1, -0.05) is 38.3 Å². The predicted octanol–water partition coefficient (Wildman–Crippen LogP) is 6.04. The Morgan fingerprint density at radius 2 is 1.66 bits per heavy atom. The number of rotatable bonds is 10. The minimum absolute atomic E-state index is 0.000574. The molecule has 1 aliphatic carbocycles. The van der Waals surface area contributed by atoms with E-state index in [9.17, 15) is 5.21 Å². The van der Waals surface area contributed by atoms with Crippen LogP contribution in [0.15, 0.2) is 24.5 Å². The van der Waals surface area contributed by atoms with Crippen LogP contribution in [0.25, 0.3) is 0 Å². The Hall–Kier alpha value is -0.880. The first-order chi connectivity index (χ1) is 13.6. The molecule has 2 N–H and O–H groups in total. The maximum Gasteiger partial charge on any atom is 0.108 e. The molecule has 1 unspecified atom stereocenters. The molecule has 1 atom stereocenters. The van der Waals surface area contributed by atoms with Crippen LogP contribution >= 0.6 is 0 Å². The van der Waals surface area contributed by atoms with Crippen LogP contribution in [0.1, 0.15) is 85.5 Å². The molecular formula is C24H45NO4. The first-order valence-corrected chi connectivity index (χ1v) is 11.2. The molecule has 0 amide bonds. The second kappa shape index (κ2) is 12.7. The number of methoxy groups -OCH3 is 1. The number of aliphatic hydroxyl groups is 1. The standard InChI is InChI=1S/C20H37NO4.C4H8/c1-16(22)10-11-18(24-6)9-7-8-12-25-15-17-13-19(2,3)21(23)20(4,5)14-17;1-2-4-3-1/h10-11,17-18,22-23H,1,7-9,12-15H2,2-6H3;1-4H2/b11-10+;. The highest BCUT2D eigenvalue weighted by Gasteiger charge is 2.44. The Bertz CT molecular complexity index is 475. The van der Waals surface area contributed by atoms with Crippen molar-refractivity contribution in [1.82, 2.24) is 5.06 Å². The maximum atomic E-state index is 10.3. The predicted molar refractivity (Wildman–Crippen MR) is 119 cm³/mol. The Balaban J connectivity index is 0.000000929. The van der Waals surface area contributed by atoms with Gasteiger partial charge in [-0.05, 0) is 71.8 Å². The zero-order valence-electron chi connectivity index (χ0n) is 19.5. The summed E-state index contributed by atoms with van der Waals surface area (Å²) in [7, 11) is 1.67. The molecule has 2 aliphatic rings. The number of allylic oxidation sites excluding steroid dienone is 1. The highest BCUT2D eigenvalue weighted by atomic mass is 16.5. The van der Waals surface area contributed by atoms with E-state index < -0.39 is 0 Å². The third kappa shape index (κ3) is 10.1. The van der Waals surface area contributed by atoms with E-state index in [1.54, 1.807) is 13.2 Å². The van der Waals surface area contributed by atoms with Gasteiger partial charge in [-0.25, -0.2) is 0 Å². The van der Waals surface area contributed by atoms with Gasteiger partial charge in [-0.2, -0.15) is 5.06 Å². The number of ether oxygens (including phenoxy) is 2. The van der Waals surface area contributed by atoms with Gasteiger partial charge in [0.15, 0.2) is 0 Å². The van der Waals surface area contributed by atoms with E-state index in [0.717, 1.165) is 45.3 Å².